The molecular formula is C15H16ClF2N3. The maximum atomic E-state index is 13.3. The van der Waals surface area contributed by atoms with Crippen molar-refractivity contribution in [1.82, 2.24) is 10.2 Å². The average molecular weight is 312 g/mol. The van der Waals surface area contributed by atoms with Crippen LogP contribution in [-0.4, -0.2) is 16.1 Å². The van der Waals surface area contributed by atoms with Gasteiger partial charge < -0.3 is 5.73 Å². The van der Waals surface area contributed by atoms with E-state index in [-0.39, 0.29) is 18.8 Å². The zero-order valence-electron chi connectivity index (χ0n) is 11.4. The number of nitrogens with zero attached hydrogens (tertiary/aromatic N) is 1. The van der Waals surface area contributed by atoms with Crippen molar-refractivity contribution in [2.75, 3.05) is 5.73 Å². The molecule has 2 aromatic rings. The maximum Gasteiger partial charge on any atom is 0.248 e. The van der Waals surface area contributed by atoms with Crippen LogP contribution >= 0.6 is 11.6 Å². The van der Waals surface area contributed by atoms with Gasteiger partial charge in [-0.3, -0.25) is 5.10 Å². The monoisotopic (exact) mass is 311 g/mol. The summed E-state index contributed by atoms with van der Waals surface area (Å²) in [5.41, 5.74) is 8.30. The van der Waals surface area contributed by atoms with Gasteiger partial charge in [0.1, 0.15) is 0 Å². The number of aromatic amines is 1. The van der Waals surface area contributed by atoms with E-state index in [1.807, 2.05) is 18.2 Å². The Morgan fingerprint density at radius 2 is 1.90 bits per heavy atom. The molecule has 112 valence electrons. The highest BCUT2D eigenvalue weighted by Crippen LogP contribution is 2.44. The molecule has 1 aromatic heterocycles. The maximum absolute atomic E-state index is 13.3. The van der Waals surface area contributed by atoms with Gasteiger partial charge in [-0.15, -0.1) is 0 Å². The Balaban J connectivity index is 1.97. The van der Waals surface area contributed by atoms with E-state index in [0.29, 0.717) is 23.7 Å². The Kier molecular flexibility index (Phi) is 3.61. The van der Waals surface area contributed by atoms with E-state index in [1.165, 1.54) is 0 Å². The highest BCUT2D eigenvalue weighted by molar-refractivity contribution is 6.33. The number of anilines is 1. The standard InChI is InChI=1S/C15H16ClF2N3/c16-11-4-2-1-3-10(11)12-13(20-21-14(12)19)9-5-7-15(17,18)8-6-9/h1-4,9H,5-8H2,(H3,19,20,21). The number of rotatable bonds is 2. The molecule has 0 aliphatic heterocycles. The van der Waals surface area contributed by atoms with Crippen LogP contribution in [-0.2, 0) is 0 Å². The second kappa shape index (κ2) is 5.30. The number of aromatic nitrogens is 2. The van der Waals surface area contributed by atoms with Crippen molar-refractivity contribution in [1.29, 1.82) is 0 Å². The van der Waals surface area contributed by atoms with Crippen LogP contribution in [0.3, 0.4) is 0 Å². The molecule has 1 aromatic carbocycles. The molecule has 1 heterocycles. The van der Waals surface area contributed by atoms with Crippen molar-refractivity contribution in [3.05, 3.63) is 35.0 Å². The number of nitrogens with two attached hydrogens (primary N) is 1. The summed E-state index contributed by atoms with van der Waals surface area (Å²) in [5, 5.41) is 7.55. The van der Waals surface area contributed by atoms with Crippen LogP contribution in [0.5, 0.6) is 0 Å². The Morgan fingerprint density at radius 3 is 2.57 bits per heavy atom. The molecule has 0 spiro atoms. The molecule has 1 saturated carbocycles. The molecule has 1 aliphatic rings. The first-order valence-corrected chi connectivity index (χ1v) is 7.32. The second-order valence-corrected chi connectivity index (χ2v) is 5.91. The van der Waals surface area contributed by atoms with E-state index in [0.717, 1.165) is 16.8 Å². The van der Waals surface area contributed by atoms with Crippen LogP contribution in [0.4, 0.5) is 14.6 Å². The Hall–Kier alpha value is -1.62. The molecule has 3 nitrogen and oxygen atoms in total. The lowest BCUT2D eigenvalue weighted by Crippen LogP contribution is -2.24. The van der Waals surface area contributed by atoms with Crippen LogP contribution in [0.25, 0.3) is 11.1 Å². The highest BCUT2D eigenvalue weighted by atomic mass is 35.5. The van der Waals surface area contributed by atoms with Gasteiger partial charge >= 0.3 is 0 Å². The first-order valence-electron chi connectivity index (χ1n) is 6.94. The average Bonchev–Trinajstić information content (AvgIpc) is 2.81. The summed E-state index contributed by atoms with van der Waals surface area (Å²) in [7, 11) is 0. The van der Waals surface area contributed by atoms with Gasteiger partial charge in [0.15, 0.2) is 5.82 Å². The molecule has 3 rings (SSSR count). The summed E-state index contributed by atoms with van der Waals surface area (Å²) in [6.07, 6.45) is 0.648. The molecule has 0 radical (unpaired) electrons. The van der Waals surface area contributed by atoms with Crippen molar-refractivity contribution >= 4 is 17.4 Å². The number of hydrogen-bond acceptors (Lipinski definition) is 2. The smallest absolute Gasteiger partial charge is 0.248 e. The summed E-state index contributed by atoms with van der Waals surface area (Å²) in [4.78, 5) is 0. The molecule has 0 unspecified atom stereocenters. The lowest BCUT2D eigenvalue weighted by molar-refractivity contribution is -0.0384. The summed E-state index contributed by atoms with van der Waals surface area (Å²) in [6, 6.07) is 7.35. The van der Waals surface area contributed by atoms with Gasteiger partial charge in [0.25, 0.3) is 0 Å². The lowest BCUT2D eigenvalue weighted by atomic mass is 9.82. The molecule has 1 aliphatic carbocycles. The number of halogens is 3. The Morgan fingerprint density at radius 1 is 1.24 bits per heavy atom. The topological polar surface area (TPSA) is 54.7 Å². The van der Waals surface area contributed by atoms with Gasteiger partial charge in [-0.2, -0.15) is 5.10 Å². The van der Waals surface area contributed by atoms with Crippen LogP contribution in [0.2, 0.25) is 5.02 Å². The number of nitrogen functional groups attached to an aromatic ring is 1. The predicted molar refractivity (Wildman–Crippen MR) is 79.6 cm³/mol. The zero-order valence-corrected chi connectivity index (χ0v) is 12.1. The van der Waals surface area contributed by atoms with Gasteiger partial charge in [0, 0.05) is 40.6 Å². The fourth-order valence-electron chi connectivity index (χ4n) is 2.94. The number of benzene rings is 1. The third-order valence-electron chi connectivity index (χ3n) is 4.09. The molecule has 0 saturated heterocycles. The Labute approximate surface area is 126 Å². The van der Waals surface area contributed by atoms with Crippen molar-refractivity contribution in [2.24, 2.45) is 0 Å². The van der Waals surface area contributed by atoms with Gasteiger partial charge in [0.05, 0.1) is 0 Å². The van der Waals surface area contributed by atoms with E-state index >= 15 is 0 Å². The first-order chi connectivity index (χ1) is 9.98. The van der Waals surface area contributed by atoms with Gasteiger partial charge in [-0.25, -0.2) is 8.78 Å². The number of alkyl halides is 2. The number of nitrogens with one attached hydrogen (secondary N) is 1. The minimum Gasteiger partial charge on any atom is -0.382 e. The van der Waals surface area contributed by atoms with E-state index in [4.69, 9.17) is 17.3 Å². The van der Waals surface area contributed by atoms with E-state index in [2.05, 4.69) is 10.2 Å². The molecule has 6 heteroatoms. The highest BCUT2D eigenvalue weighted by Gasteiger charge is 2.37. The molecule has 0 amide bonds. The Bertz CT molecular complexity index is 644. The second-order valence-electron chi connectivity index (χ2n) is 5.51. The summed E-state index contributed by atoms with van der Waals surface area (Å²) < 4.78 is 26.6. The normalized spacial score (nSPS) is 18.8. The van der Waals surface area contributed by atoms with E-state index in [1.54, 1.807) is 6.07 Å². The predicted octanol–water partition coefficient (Wildman–Crippen LogP) is 4.61. The fraction of sp³-hybridized carbons (Fsp3) is 0.400. The number of H-pyrrole nitrogens is 1. The van der Waals surface area contributed by atoms with Gasteiger partial charge in [-0.1, -0.05) is 29.8 Å². The van der Waals surface area contributed by atoms with Crippen molar-refractivity contribution in [3.63, 3.8) is 0 Å². The summed E-state index contributed by atoms with van der Waals surface area (Å²) >= 11 is 6.23. The third-order valence-corrected chi connectivity index (χ3v) is 4.42. The lowest BCUT2D eigenvalue weighted by Gasteiger charge is -2.28. The molecule has 1 fully saturated rings. The van der Waals surface area contributed by atoms with Gasteiger partial charge in [-0.05, 0) is 18.9 Å². The quantitative estimate of drug-likeness (QED) is 0.851. The minimum absolute atomic E-state index is 0.0145. The third kappa shape index (κ3) is 2.75. The molecule has 0 atom stereocenters. The van der Waals surface area contributed by atoms with Crippen molar-refractivity contribution in [2.45, 2.75) is 37.5 Å². The van der Waals surface area contributed by atoms with Crippen LogP contribution < -0.4 is 5.73 Å². The first kappa shape index (κ1) is 14.3. The SMILES string of the molecule is Nc1n[nH]c(C2CCC(F)(F)CC2)c1-c1ccccc1Cl. The van der Waals surface area contributed by atoms with Crippen LogP contribution in [0.15, 0.2) is 24.3 Å². The largest absolute Gasteiger partial charge is 0.382 e. The van der Waals surface area contributed by atoms with E-state index < -0.39 is 5.92 Å². The number of hydrogen-bond donors (Lipinski definition) is 2. The minimum atomic E-state index is -2.55. The summed E-state index contributed by atoms with van der Waals surface area (Å²) in [6.45, 7) is 0. The molecule has 3 N–H and O–H groups in total. The zero-order chi connectivity index (χ0) is 15.0. The van der Waals surface area contributed by atoms with Crippen molar-refractivity contribution in [3.8, 4) is 11.1 Å². The van der Waals surface area contributed by atoms with Crippen LogP contribution in [0.1, 0.15) is 37.3 Å². The summed E-state index contributed by atoms with van der Waals surface area (Å²) in [5.74, 6) is -2.18. The molecule has 21 heavy (non-hydrogen) atoms. The molecular weight excluding hydrogens is 296 g/mol. The van der Waals surface area contributed by atoms with E-state index in [9.17, 15) is 8.78 Å². The fourth-order valence-corrected chi connectivity index (χ4v) is 3.17. The molecule has 0 bridgehead atoms. The van der Waals surface area contributed by atoms with Crippen LogP contribution in [0, 0.1) is 0 Å². The van der Waals surface area contributed by atoms with Crippen molar-refractivity contribution < 1.29 is 8.78 Å². The van der Waals surface area contributed by atoms with Gasteiger partial charge in [0.2, 0.25) is 5.92 Å².